The number of carbonyl (C=O) groups is 1. The van der Waals surface area contributed by atoms with Gasteiger partial charge in [0.15, 0.2) is 0 Å². The summed E-state index contributed by atoms with van der Waals surface area (Å²) in [7, 11) is 0. The largest absolute Gasteiger partial charge is 0.491 e. The maximum Gasteiger partial charge on any atom is 0.251 e. The first-order chi connectivity index (χ1) is 11.0. The predicted molar refractivity (Wildman–Crippen MR) is 89.2 cm³/mol. The van der Waals surface area contributed by atoms with E-state index in [1.807, 2.05) is 51.1 Å². The molecule has 2 rings (SSSR count). The van der Waals surface area contributed by atoms with Crippen molar-refractivity contribution in [2.75, 3.05) is 0 Å². The van der Waals surface area contributed by atoms with Crippen LogP contribution in [0.2, 0.25) is 0 Å². The molecule has 0 aromatic heterocycles. The van der Waals surface area contributed by atoms with E-state index in [-0.39, 0.29) is 18.1 Å². The van der Waals surface area contributed by atoms with E-state index < -0.39 is 0 Å². The molecule has 1 atom stereocenters. The van der Waals surface area contributed by atoms with Crippen molar-refractivity contribution < 1.29 is 9.53 Å². The highest BCUT2D eigenvalue weighted by molar-refractivity contribution is 5.94. The SMILES string of the molecule is CC(C)Oc1cccc([C@@H](C)NC(=O)c2ccc(C#N)cc2)c1. The summed E-state index contributed by atoms with van der Waals surface area (Å²) in [6.07, 6.45) is 0.105. The molecule has 0 bridgehead atoms. The van der Waals surface area contributed by atoms with Gasteiger partial charge in [-0.2, -0.15) is 5.26 Å². The average molecular weight is 308 g/mol. The van der Waals surface area contributed by atoms with Crippen molar-refractivity contribution in [3.63, 3.8) is 0 Å². The van der Waals surface area contributed by atoms with Gasteiger partial charge in [0, 0.05) is 5.56 Å². The van der Waals surface area contributed by atoms with Gasteiger partial charge in [-0.15, -0.1) is 0 Å². The van der Waals surface area contributed by atoms with Crippen LogP contribution in [0.3, 0.4) is 0 Å². The lowest BCUT2D eigenvalue weighted by molar-refractivity contribution is 0.0939. The molecule has 4 nitrogen and oxygen atoms in total. The van der Waals surface area contributed by atoms with E-state index >= 15 is 0 Å². The summed E-state index contributed by atoms with van der Waals surface area (Å²) < 4.78 is 5.68. The summed E-state index contributed by atoms with van der Waals surface area (Å²) in [4.78, 5) is 12.3. The van der Waals surface area contributed by atoms with Crippen molar-refractivity contribution in [3.8, 4) is 11.8 Å². The average Bonchev–Trinajstić information content (AvgIpc) is 2.54. The fraction of sp³-hybridized carbons (Fsp3) is 0.263. The molecule has 0 aliphatic heterocycles. The second-order valence-electron chi connectivity index (χ2n) is 5.62. The molecule has 0 aliphatic carbocycles. The van der Waals surface area contributed by atoms with Crippen molar-refractivity contribution in [2.24, 2.45) is 0 Å². The minimum atomic E-state index is -0.169. The van der Waals surface area contributed by atoms with Crippen LogP contribution in [0.4, 0.5) is 0 Å². The molecule has 4 heteroatoms. The third kappa shape index (κ3) is 4.58. The van der Waals surface area contributed by atoms with Crippen molar-refractivity contribution in [1.29, 1.82) is 5.26 Å². The molecule has 0 unspecified atom stereocenters. The lowest BCUT2D eigenvalue weighted by atomic mass is 10.1. The molecule has 0 aliphatic rings. The van der Waals surface area contributed by atoms with Crippen molar-refractivity contribution in [1.82, 2.24) is 5.32 Å². The molecular formula is C19H20N2O2. The standard InChI is InChI=1S/C19H20N2O2/c1-13(2)23-18-6-4-5-17(11-18)14(3)21-19(22)16-9-7-15(12-20)8-10-16/h4-11,13-14H,1-3H3,(H,21,22)/t14-/m1/s1. The Kier molecular flexibility index (Phi) is 5.37. The van der Waals surface area contributed by atoms with Gasteiger partial charge in [0.1, 0.15) is 5.75 Å². The van der Waals surface area contributed by atoms with Crippen molar-refractivity contribution >= 4 is 5.91 Å². The lowest BCUT2D eigenvalue weighted by Crippen LogP contribution is -2.26. The lowest BCUT2D eigenvalue weighted by Gasteiger charge is -2.16. The highest BCUT2D eigenvalue weighted by Crippen LogP contribution is 2.20. The molecule has 0 saturated carbocycles. The Morgan fingerprint density at radius 2 is 1.83 bits per heavy atom. The fourth-order valence-electron chi connectivity index (χ4n) is 2.19. The molecule has 0 saturated heterocycles. The van der Waals surface area contributed by atoms with Crippen LogP contribution < -0.4 is 10.1 Å². The Morgan fingerprint density at radius 3 is 2.43 bits per heavy atom. The molecule has 118 valence electrons. The monoisotopic (exact) mass is 308 g/mol. The second kappa shape index (κ2) is 7.46. The molecule has 0 radical (unpaired) electrons. The molecule has 2 aromatic rings. The van der Waals surface area contributed by atoms with Gasteiger partial charge in [-0.25, -0.2) is 0 Å². The third-order valence-electron chi connectivity index (χ3n) is 3.35. The number of amides is 1. The van der Waals surface area contributed by atoms with Crippen LogP contribution >= 0.6 is 0 Å². The van der Waals surface area contributed by atoms with Crippen LogP contribution in [-0.2, 0) is 0 Å². The van der Waals surface area contributed by atoms with Gasteiger partial charge < -0.3 is 10.1 Å². The molecule has 0 heterocycles. The van der Waals surface area contributed by atoms with Gasteiger partial charge in [0.25, 0.3) is 5.91 Å². The number of hydrogen-bond donors (Lipinski definition) is 1. The Hall–Kier alpha value is -2.80. The van der Waals surface area contributed by atoms with E-state index in [0.717, 1.165) is 11.3 Å². The van der Waals surface area contributed by atoms with E-state index in [2.05, 4.69) is 5.32 Å². The van der Waals surface area contributed by atoms with Gasteiger partial charge in [-0.1, -0.05) is 12.1 Å². The number of nitrogens with one attached hydrogen (secondary N) is 1. The highest BCUT2D eigenvalue weighted by Gasteiger charge is 2.12. The van der Waals surface area contributed by atoms with Gasteiger partial charge in [0.2, 0.25) is 0 Å². The minimum Gasteiger partial charge on any atom is -0.491 e. The maximum absolute atomic E-state index is 12.3. The number of rotatable bonds is 5. The Morgan fingerprint density at radius 1 is 1.13 bits per heavy atom. The molecule has 0 fully saturated rings. The molecule has 1 N–H and O–H groups in total. The van der Waals surface area contributed by atoms with Crippen LogP contribution in [0, 0.1) is 11.3 Å². The number of ether oxygens (including phenoxy) is 1. The Bertz CT molecular complexity index is 715. The van der Waals surface area contributed by atoms with E-state index in [1.165, 1.54) is 0 Å². The third-order valence-corrected chi connectivity index (χ3v) is 3.35. The van der Waals surface area contributed by atoms with E-state index in [1.54, 1.807) is 24.3 Å². The van der Waals surface area contributed by atoms with E-state index in [4.69, 9.17) is 10.00 Å². The van der Waals surface area contributed by atoms with Crippen molar-refractivity contribution in [2.45, 2.75) is 32.9 Å². The summed E-state index contributed by atoms with van der Waals surface area (Å²) in [6, 6.07) is 16.2. The van der Waals surface area contributed by atoms with Gasteiger partial charge in [-0.05, 0) is 62.7 Å². The first-order valence-electron chi connectivity index (χ1n) is 7.57. The number of nitriles is 1. The first kappa shape index (κ1) is 16.6. The fourth-order valence-corrected chi connectivity index (χ4v) is 2.19. The number of carbonyl (C=O) groups excluding carboxylic acids is 1. The molecule has 2 aromatic carbocycles. The zero-order valence-corrected chi connectivity index (χ0v) is 13.5. The highest BCUT2D eigenvalue weighted by atomic mass is 16.5. The molecule has 23 heavy (non-hydrogen) atoms. The topological polar surface area (TPSA) is 62.1 Å². The van der Waals surface area contributed by atoms with E-state index in [0.29, 0.717) is 11.1 Å². The van der Waals surface area contributed by atoms with Gasteiger partial charge in [0.05, 0.1) is 23.8 Å². The second-order valence-corrected chi connectivity index (χ2v) is 5.62. The smallest absolute Gasteiger partial charge is 0.251 e. The summed E-state index contributed by atoms with van der Waals surface area (Å²) in [6.45, 7) is 5.88. The summed E-state index contributed by atoms with van der Waals surface area (Å²) in [5, 5.41) is 11.7. The van der Waals surface area contributed by atoms with Gasteiger partial charge in [-0.3, -0.25) is 4.79 Å². The van der Waals surface area contributed by atoms with Gasteiger partial charge >= 0.3 is 0 Å². The Labute approximate surface area is 136 Å². The van der Waals surface area contributed by atoms with Crippen LogP contribution in [0.1, 0.15) is 48.3 Å². The Balaban J connectivity index is 2.07. The van der Waals surface area contributed by atoms with Crippen LogP contribution in [0.5, 0.6) is 5.75 Å². The van der Waals surface area contributed by atoms with Crippen molar-refractivity contribution in [3.05, 3.63) is 65.2 Å². The van der Waals surface area contributed by atoms with Crippen LogP contribution in [0.15, 0.2) is 48.5 Å². The summed E-state index contributed by atoms with van der Waals surface area (Å²) >= 11 is 0. The number of benzene rings is 2. The minimum absolute atomic E-state index is 0.105. The quantitative estimate of drug-likeness (QED) is 0.913. The zero-order chi connectivity index (χ0) is 16.8. The summed E-state index contributed by atoms with van der Waals surface area (Å²) in [5.41, 5.74) is 2.05. The summed E-state index contributed by atoms with van der Waals surface area (Å²) in [5.74, 6) is 0.620. The first-order valence-corrected chi connectivity index (χ1v) is 7.57. The molecule has 0 spiro atoms. The predicted octanol–water partition coefficient (Wildman–Crippen LogP) is 3.84. The molecule has 1 amide bonds. The zero-order valence-electron chi connectivity index (χ0n) is 13.5. The maximum atomic E-state index is 12.3. The molecular weight excluding hydrogens is 288 g/mol. The normalized spacial score (nSPS) is 11.6. The van der Waals surface area contributed by atoms with Crippen LogP contribution in [0.25, 0.3) is 0 Å². The number of nitrogens with zero attached hydrogens (tertiary/aromatic N) is 1. The van der Waals surface area contributed by atoms with E-state index in [9.17, 15) is 4.79 Å². The number of hydrogen-bond acceptors (Lipinski definition) is 3. The van der Waals surface area contributed by atoms with Crippen LogP contribution in [-0.4, -0.2) is 12.0 Å².